The molecule has 4 rings (SSSR count). The van der Waals surface area contributed by atoms with Gasteiger partial charge in [-0.05, 0) is 31.9 Å². The van der Waals surface area contributed by atoms with Crippen LogP contribution in [0.2, 0.25) is 0 Å². The summed E-state index contributed by atoms with van der Waals surface area (Å²) in [6.07, 6.45) is 6.84. The average Bonchev–Trinajstić information content (AvgIpc) is 3.38. The summed E-state index contributed by atoms with van der Waals surface area (Å²) in [5.41, 5.74) is 0.0119. The number of nitrogens with one attached hydrogen (secondary N) is 1. The first-order valence-electron chi connectivity index (χ1n) is 9.52. The zero-order valence-electron chi connectivity index (χ0n) is 15.6. The standard InChI is InChI=1S/C20H28N2O4/c1-3-4-9-22-11-16-15(17-7-8-20(16,13-22)26-17)10-21-19(23)18-6-5-14(25-18)12-24-2/h3-6,15-17H,7-13H2,1-2H3,(H,21,23)/t15-,16+,17+,20+/m0/s1. The van der Waals surface area contributed by atoms with E-state index in [-0.39, 0.29) is 17.6 Å². The predicted molar refractivity (Wildman–Crippen MR) is 96.8 cm³/mol. The first-order chi connectivity index (χ1) is 12.6. The van der Waals surface area contributed by atoms with Crippen molar-refractivity contribution in [2.45, 2.75) is 38.1 Å². The van der Waals surface area contributed by atoms with Gasteiger partial charge in [0.25, 0.3) is 5.91 Å². The molecule has 1 aromatic rings. The third-order valence-electron chi connectivity index (χ3n) is 6.12. The highest BCUT2D eigenvalue weighted by Crippen LogP contribution is 2.54. The first kappa shape index (κ1) is 17.8. The van der Waals surface area contributed by atoms with Crippen molar-refractivity contribution in [2.75, 3.05) is 33.3 Å². The van der Waals surface area contributed by atoms with Gasteiger partial charge in [-0.3, -0.25) is 9.69 Å². The van der Waals surface area contributed by atoms with Crippen molar-refractivity contribution < 1.29 is 18.7 Å². The van der Waals surface area contributed by atoms with Crippen LogP contribution in [-0.4, -0.2) is 55.8 Å². The fourth-order valence-electron chi connectivity index (χ4n) is 4.97. The van der Waals surface area contributed by atoms with Gasteiger partial charge in [-0.25, -0.2) is 0 Å². The zero-order chi connectivity index (χ0) is 18.1. The Hall–Kier alpha value is -1.63. The summed E-state index contributed by atoms with van der Waals surface area (Å²) in [6.45, 7) is 6.13. The van der Waals surface area contributed by atoms with Gasteiger partial charge >= 0.3 is 0 Å². The minimum atomic E-state index is -0.159. The second kappa shape index (κ2) is 7.18. The Kier molecular flexibility index (Phi) is 4.90. The fraction of sp³-hybridized carbons (Fsp3) is 0.650. The third-order valence-corrected chi connectivity index (χ3v) is 6.12. The molecule has 0 aromatic carbocycles. The molecule has 142 valence electrons. The number of allylic oxidation sites excluding steroid dienone is 1. The largest absolute Gasteiger partial charge is 0.453 e. The lowest BCUT2D eigenvalue weighted by atomic mass is 9.73. The van der Waals surface area contributed by atoms with Gasteiger partial charge in [0.1, 0.15) is 12.4 Å². The Morgan fingerprint density at radius 2 is 2.38 bits per heavy atom. The summed E-state index contributed by atoms with van der Waals surface area (Å²) in [7, 11) is 1.61. The highest BCUT2D eigenvalue weighted by molar-refractivity contribution is 5.91. The maximum atomic E-state index is 12.4. The van der Waals surface area contributed by atoms with Crippen LogP contribution >= 0.6 is 0 Å². The zero-order valence-corrected chi connectivity index (χ0v) is 15.6. The number of hydrogen-bond donors (Lipinski definition) is 1. The Morgan fingerprint density at radius 3 is 3.19 bits per heavy atom. The van der Waals surface area contributed by atoms with E-state index in [0.29, 0.717) is 36.5 Å². The normalized spacial score (nSPS) is 33.2. The van der Waals surface area contributed by atoms with E-state index in [0.717, 1.165) is 32.5 Å². The Balaban J connectivity index is 1.37. The molecule has 0 unspecified atom stereocenters. The molecular formula is C20H28N2O4. The quantitative estimate of drug-likeness (QED) is 0.756. The number of nitrogens with zero attached hydrogens (tertiary/aromatic N) is 1. The molecule has 2 bridgehead atoms. The summed E-state index contributed by atoms with van der Waals surface area (Å²) in [5.74, 6) is 1.74. The van der Waals surface area contributed by atoms with E-state index in [2.05, 4.69) is 29.3 Å². The number of methoxy groups -OCH3 is 1. The van der Waals surface area contributed by atoms with Crippen molar-refractivity contribution in [1.82, 2.24) is 10.2 Å². The molecule has 1 N–H and O–H groups in total. The molecule has 4 heterocycles. The van der Waals surface area contributed by atoms with E-state index in [1.807, 2.05) is 0 Å². The lowest BCUT2D eigenvalue weighted by Crippen LogP contribution is -2.41. The number of carbonyl (C=O) groups is 1. The topological polar surface area (TPSA) is 63.9 Å². The second-order valence-electron chi connectivity index (χ2n) is 7.70. The van der Waals surface area contributed by atoms with Gasteiger partial charge in [0.2, 0.25) is 0 Å². The molecular weight excluding hydrogens is 332 g/mol. The molecule has 3 saturated heterocycles. The smallest absolute Gasteiger partial charge is 0.287 e. The number of likely N-dealkylation sites (tertiary alicyclic amines) is 1. The second-order valence-corrected chi connectivity index (χ2v) is 7.70. The van der Waals surface area contributed by atoms with Crippen LogP contribution in [0.3, 0.4) is 0 Å². The minimum Gasteiger partial charge on any atom is -0.453 e. The molecule has 0 radical (unpaired) electrons. The molecule has 6 heteroatoms. The summed E-state index contributed by atoms with van der Waals surface area (Å²) < 4.78 is 17.0. The van der Waals surface area contributed by atoms with Crippen LogP contribution in [0.4, 0.5) is 0 Å². The van der Waals surface area contributed by atoms with Crippen molar-refractivity contribution >= 4 is 5.91 Å². The Morgan fingerprint density at radius 1 is 1.50 bits per heavy atom. The molecule has 1 spiro atoms. The van der Waals surface area contributed by atoms with Gasteiger partial charge < -0.3 is 19.2 Å². The van der Waals surface area contributed by atoms with Crippen LogP contribution in [0.5, 0.6) is 0 Å². The molecule has 3 fully saturated rings. The predicted octanol–water partition coefficient (Wildman–Crippen LogP) is 2.21. The van der Waals surface area contributed by atoms with Crippen LogP contribution in [0, 0.1) is 11.8 Å². The van der Waals surface area contributed by atoms with E-state index in [9.17, 15) is 4.79 Å². The minimum absolute atomic E-state index is 0.0119. The number of amides is 1. The molecule has 26 heavy (non-hydrogen) atoms. The lowest BCUT2D eigenvalue weighted by Gasteiger charge is -2.29. The molecule has 4 atom stereocenters. The Bertz CT molecular complexity index is 685. The van der Waals surface area contributed by atoms with Crippen molar-refractivity contribution in [1.29, 1.82) is 0 Å². The highest BCUT2D eigenvalue weighted by atomic mass is 16.5. The highest BCUT2D eigenvalue weighted by Gasteiger charge is 2.62. The van der Waals surface area contributed by atoms with Gasteiger partial charge in [-0.1, -0.05) is 12.2 Å². The van der Waals surface area contributed by atoms with Crippen LogP contribution < -0.4 is 5.32 Å². The molecule has 0 saturated carbocycles. The summed E-state index contributed by atoms with van der Waals surface area (Å²) >= 11 is 0. The van der Waals surface area contributed by atoms with E-state index >= 15 is 0 Å². The molecule has 0 aliphatic carbocycles. The summed E-state index contributed by atoms with van der Waals surface area (Å²) in [4.78, 5) is 14.9. The summed E-state index contributed by atoms with van der Waals surface area (Å²) in [5, 5.41) is 3.06. The molecule has 6 nitrogen and oxygen atoms in total. The van der Waals surface area contributed by atoms with Crippen molar-refractivity contribution in [3.8, 4) is 0 Å². The fourth-order valence-corrected chi connectivity index (χ4v) is 4.97. The van der Waals surface area contributed by atoms with Crippen LogP contribution in [0.25, 0.3) is 0 Å². The van der Waals surface area contributed by atoms with Crippen molar-refractivity contribution in [2.24, 2.45) is 11.8 Å². The van der Waals surface area contributed by atoms with E-state index in [1.54, 1.807) is 19.2 Å². The molecule has 3 aliphatic rings. The van der Waals surface area contributed by atoms with Gasteiger partial charge in [-0.15, -0.1) is 0 Å². The number of rotatable bonds is 7. The van der Waals surface area contributed by atoms with Crippen LogP contribution in [0.1, 0.15) is 36.1 Å². The monoisotopic (exact) mass is 360 g/mol. The molecule has 3 aliphatic heterocycles. The van der Waals surface area contributed by atoms with Gasteiger partial charge in [0.15, 0.2) is 5.76 Å². The molecule has 1 aromatic heterocycles. The number of hydrogen-bond acceptors (Lipinski definition) is 5. The van der Waals surface area contributed by atoms with Gasteiger partial charge in [0.05, 0.1) is 11.7 Å². The van der Waals surface area contributed by atoms with Crippen molar-refractivity contribution in [3.05, 3.63) is 35.8 Å². The first-order valence-corrected chi connectivity index (χ1v) is 9.52. The number of carbonyl (C=O) groups excluding carboxylic acids is 1. The van der Waals surface area contributed by atoms with Crippen LogP contribution in [-0.2, 0) is 16.1 Å². The van der Waals surface area contributed by atoms with E-state index < -0.39 is 0 Å². The SMILES string of the molecule is CC=CCN1C[C@@H]2[C@H](CNC(=O)c3ccc(COC)o3)[C@H]3CC[C@]2(C1)O3. The number of ether oxygens (including phenoxy) is 2. The number of fused-ring (bicyclic) bond motifs is 1. The van der Waals surface area contributed by atoms with E-state index in [4.69, 9.17) is 13.9 Å². The van der Waals surface area contributed by atoms with Crippen LogP contribution in [0.15, 0.2) is 28.7 Å². The number of furan rings is 1. The lowest BCUT2D eigenvalue weighted by molar-refractivity contribution is 0.00364. The molecule has 1 amide bonds. The average molecular weight is 360 g/mol. The van der Waals surface area contributed by atoms with Crippen molar-refractivity contribution in [3.63, 3.8) is 0 Å². The third kappa shape index (κ3) is 3.10. The summed E-state index contributed by atoms with van der Waals surface area (Å²) in [6, 6.07) is 3.49. The van der Waals surface area contributed by atoms with Gasteiger partial charge in [-0.2, -0.15) is 0 Å². The maximum absolute atomic E-state index is 12.4. The van der Waals surface area contributed by atoms with E-state index in [1.165, 1.54) is 0 Å². The maximum Gasteiger partial charge on any atom is 0.287 e. The Labute approximate surface area is 154 Å². The van der Waals surface area contributed by atoms with Gasteiger partial charge in [0, 0.05) is 45.1 Å².